The van der Waals surface area contributed by atoms with Gasteiger partial charge in [-0.15, -0.1) is 0 Å². The van der Waals surface area contributed by atoms with Gasteiger partial charge in [-0.25, -0.2) is 0 Å². The van der Waals surface area contributed by atoms with Gasteiger partial charge in [0.15, 0.2) is 0 Å². The standard InChI is InChI=1S/C16H23BrN2O/c17-15-2-1-3-16(12-15)20-11-10-18-6-8-19(9-7-18)13-14-4-5-14/h1-3,12,14H,4-11,13H2. The molecule has 0 aromatic heterocycles. The fourth-order valence-electron chi connectivity index (χ4n) is 2.71. The summed E-state index contributed by atoms with van der Waals surface area (Å²) in [6, 6.07) is 8.06. The summed E-state index contributed by atoms with van der Waals surface area (Å²) in [4.78, 5) is 5.14. The zero-order valence-electron chi connectivity index (χ0n) is 11.9. The molecule has 2 aliphatic rings. The molecule has 0 spiro atoms. The van der Waals surface area contributed by atoms with Crippen molar-refractivity contribution in [3.63, 3.8) is 0 Å². The molecular formula is C16H23BrN2O. The predicted octanol–water partition coefficient (Wildman–Crippen LogP) is 2.86. The summed E-state index contributed by atoms with van der Waals surface area (Å²) in [5, 5.41) is 0. The van der Waals surface area contributed by atoms with Gasteiger partial charge in [0.1, 0.15) is 12.4 Å². The molecule has 1 heterocycles. The molecule has 1 saturated carbocycles. The largest absolute Gasteiger partial charge is 0.492 e. The number of hydrogen-bond donors (Lipinski definition) is 0. The van der Waals surface area contributed by atoms with Crippen LogP contribution in [0.4, 0.5) is 0 Å². The van der Waals surface area contributed by atoms with E-state index in [-0.39, 0.29) is 0 Å². The Balaban J connectivity index is 1.33. The molecule has 0 radical (unpaired) electrons. The van der Waals surface area contributed by atoms with Gasteiger partial charge >= 0.3 is 0 Å². The normalized spacial score (nSPS) is 21.1. The van der Waals surface area contributed by atoms with Crippen molar-refractivity contribution in [1.29, 1.82) is 0 Å². The number of halogens is 1. The molecule has 20 heavy (non-hydrogen) atoms. The van der Waals surface area contributed by atoms with Crippen LogP contribution in [-0.2, 0) is 0 Å². The first-order chi connectivity index (χ1) is 9.79. The summed E-state index contributed by atoms with van der Waals surface area (Å²) < 4.78 is 6.88. The Morgan fingerprint density at radius 2 is 1.85 bits per heavy atom. The minimum atomic E-state index is 0.777. The van der Waals surface area contributed by atoms with E-state index in [4.69, 9.17) is 4.74 Å². The van der Waals surface area contributed by atoms with Crippen LogP contribution < -0.4 is 4.74 Å². The molecule has 0 N–H and O–H groups in total. The first kappa shape index (κ1) is 14.4. The Morgan fingerprint density at radius 1 is 1.10 bits per heavy atom. The Labute approximate surface area is 130 Å². The third kappa shape index (κ3) is 4.47. The lowest BCUT2D eigenvalue weighted by Gasteiger charge is -2.34. The van der Waals surface area contributed by atoms with Crippen LogP contribution >= 0.6 is 15.9 Å². The third-order valence-corrected chi connectivity index (χ3v) is 4.64. The van der Waals surface area contributed by atoms with Crippen molar-refractivity contribution in [2.24, 2.45) is 5.92 Å². The highest BCUT2D eigenvalue weighted by Crippen LogP contribution is 2.29. The second kappa shape index (κ2) is 6.92. The van der Waals surface area contributed by atoms with Crippen molar-refractivity contribution in [3.05, 3.63) is 28.7 Å². The topological polar surface area (TPSA) is 15.7 Å². The van der Waals surface area contributed by atoms with E-state index in [2.05, 4.69) is 25.7 Å². The molecule has 110 valence electrons. The van der Waals surface area contributed by atoms with Crippen molar-refractivity contribution in [2.75, 3.05) is 45.9 Å². The lowest BCUT2D eigenvalue weighted by Crippen LogP contribution is -2.47. The average Bonchev–Trinajstić information content (AvgIpc) is 3.25. The first-order valence-electron chi connectivity index (χ1n) is 7.63. The van der Waals surface area contributed by atoms with Crippen molar-refractivity contribution in [2.45, 2.75) is 12.8 Å². The second-order valence-corrected chi connectivity index (χ2v) is 6.81. The molecule has 3 nitrogen and oxygen atoms in total. The summed E-state index contributed by atoms with van der Waals surface area (Å²) >= 11 is 3.47. The van der Waals surface area contributed by atoms with Gasteiger partial charge in [0.25, 0.3) is 0 Å². The summed E-state index contributed by atoms with van der Waals surface area (Å²) in [6.07, 6.45) is 2.92. The number of rotatable bonds is 6. The van der Waals surface area contributed by atoms with Crippen LogP contribution in [0.25, 0.3) is 0 Å². The zero-order valence-corrected chi connectivity index (χ0v) is 13.5. The highest BCUT2D eigenvalue weighted by Gasteiger charge is 2.26. The van der Waals surface area contributed by atoms with Gasteiger partial charge in [0.2, 0.25) is 0 Å². The van der Waals surface area contributed by atoms with Gasteiger partial charge in [-0.3, -0.25) is 4.90 Å². The molecular weight excluding hydrogens is 316 g/mol. The molecule has 3 rings (SSSR count). The molecule has 2 fully saturated rings. The Morgan fingerprint density at radius 3 is 2.55 bits per heavy atom. The fraction of sp³-hybridized carbons (Fsp3) is 0.625. The Bertz CT molecular complexity index is 428. The molecule has 1 saturated heterocycles. The minimum absolute atomic E-state index is 0.777. The van der Waals surface area contributed by atoms with Crippen LogP contribution in [-0.4, -0.2) is 55.7 Å². The lowest BCUT2D eigenvalue weighted by atomic mass is 10.3. The highest BCUT2D eigenvalue weighted by molar-refractivity contribution is 9.10. The van der Waals surface area contributed by atoms with Crippen LogP contribution in [0.2, 0.25) is 0 Å². The molecule has 4 heteroatoms. The Hall–Kier alpha value is -0.580. The van der Waals surface area contributed by atoms with Gasteiger partial charge in [-0.05, 0) is 37.0 Å². The molecule has 0 amide bonds. The van der Waals surface area contributed by atoms with Crippen LogP contribution in [0.1, 0.15) is 12.8 Å². The number of ether oxygens (including phenoxy) is 1. The van der Waals surface area contributed by atoms with E-state index in [1.54, 1.807) is 0 Å². The second-order valence-electron chi connectivity index (χ2n) is 5.89. The first-order valence-corrected chi connectivity index (χ1v) is 8.42. The zero-order chi connectivity index (χ0) is 13.8. The van der Waals surface area contributed by atoms with E-state index in [1.807, 2.05) is 24.3 Å². The van der Waals surface area contributed by atoms with Crippen LogP contribution in [0, 0.1) is 5.92 Å². The van der Waals surface area contributed by atoms with Crippen LogP contribution in [0.15, 0.2) is 28.7 Å². The van der Waals surface area contributed by atoms with Crippen LogP contribution in [0.5, 0.6) is 5.75 Å². The minimum Gasteiger partial charge on any atom is -0.492 e. The lowest BCUT2D eigenvalue weighted by molar-refractivity contribution is 0.114. The number of hydrogen-bond acceptors (Lipinski definition) is 3. The molecule has 0 unspecified atom stereocenters. The van der Waals surface area contributed by atoms with Crippen molar-refractivity contribution in [1.82, 2.24) is 9.80 Å². The average molecular weight is 339 g/mol. The SMILES string of the molecule is Brc1cccc(OCCN2CCN(CC3CC3)CC2)c1. The Kier molecular flexibility index (Phi) is 4.97. The summed E-state index contributed by atoms with van der Waals surface area (Å²) in [5.74, 6) is 1.97. The van der Waals surface area contributed by atoms with E-state index >= 15 is 0 Å². The van der Waals surface area contributed by atoms with Crippen molar-refractivity contribution < 1.29 is 4.74 Å². The molecule has 1 aliphatic heterocycles. The highest BCUT2D eigenvalue weighted by atomic mass is 79.9. The van der Waals surface area contributed by atoms with Gasteiger partial charge in [0, 0.05) is 43.7 Å². The maximum atomic E-state index is 5.81. The van der Waals surface area contributed by atoms with Crippen molar-refractivity contribution in [3.8, 4) is 5.75 Å². The smallest absolute Gasteiger partial charge is 0.120 e. The van der Waals surface area contributed by atoms with Gasteiger partial charge < -0.3 is 9.64 Å². The summed E-state index contributed by atoms with van der Waals surface area (Å²) in [5.41, 5.74) is 0. The maximum absolute atomic E-state index is 5.81. The van der Waals surface area contributed by atoms with Gasteiger partial charge in [0.05, 0.1) is 0 Å². The number of nitrogens with zero attached hydrogens (tertiary/aromatic N) is 2. The number of benzene rings is 1. The van der Waals surface area contributed by atoms with Gasteiger partial charge in [-0.1, -0.05) is 22.0 Å². The van der Waals surface area contributed by atoms with Crippen molar-refractivity contribution >= 4 is 15.9 Å². The molecule has 0 bridgehead atoms. The summed E-state index contributed by atoms with van der Waals surface area (Å²) in [7, 11) is 0. The predicted molar refractivity (Wildman–Crippen MR) is 85.2 cm³/mol. The van der Waals surface area contributed by atoms with E-state index in [0.717, 1.165) is 29.3 Å². The van der Waals surface area contributed by atoms with E-state index in [1.165, 1.54) is 45.6 Å². The summed E-state index contributed by atoms with van der Waals surface area (Å²) in [6.45, 7) is 7.98. The third-order valence-electron chi connectivity index (χ3n) is 4.15. The maximum Gasteiger partial charge on any atom is 0.120 e. The van der Waals surface area contributed by atoms with E-state index in [0.29, 0.717) is 0 Å². The van der Waals surface area contributed by atoms with E-state index in [9.17, 15) is 0 Å². The molecule has 1 aliphatic carbocycles. The molecule has 1 aromatic carbocycles. The fourth-order valence-corrected chi connectivity index (χ4v) is 3.09. The quantitative estimate of drug-likeness (QED) is 0.793. The van der Waals surface area contributed by atoms with Gasteiger partial charge in [-0.2, -0.15) is 0 Å². The van der Waals surface area contributed by atoms with E-state index < -0.39 is 0 Å². The van der Waals surface area contributed by atoms with Crippen LogP contribution in [0.3, 0.4) is 0 Å². The molecule has 1 aromatic rings. The number of piperazine rings is 1. The monoisotopic (exact) mass is 338 g/mol. The molecule has 0 atom stereocenters.